The lowest BCUT2D eigenvalue weighted by molar-refractivity contribution is -0.146. The quantitative estimate of drug-likeness (QED) is 0.252. The second-order valence-corrected chi connectivity index (χ2v) is 9.05. The molecular weight excluding hydrogens is 460 g/mol. The maximum Gasteiger partial charge on any atom is 0.323 e. The summed E-state index contributed by atoms with van der Waals surface area (Å²) in [6, 6.07) is 35.4. The summed E-state index contributed by atoms with van der Waals surface area (Å²) in [5, 5.41) is 4.71. The van der Waals surface area contributed by atoms with Gasteiger partial charge in [0.05, 0.1) is 20.3 Å². The Bertz CT molecular complexity index is 1490. The molecule has 186 valence electrons. The third-order valence-corrected chi connectivity index (χ3v) is 7.03. The van der Waals surface area contributed by atoms with Crippen molar-refractivity contribution in [2.75, 3.05) is 19.5 Å². The standard InChI is InChI=1S/C32H30N2O3/c1-34-22-28(27-16-10-11-17-29(27)34)32(31(35)37-3,24-14-8-5-9-15-24)30(23-12-6-4-7-13-23)33-25-18-20-26(36-2)21-19-25/h4-22,30,33H,1-3H3. The lowest BCUT2D eigenvalue weighted by Crippen LogP contribution is -2.46. The van der Waals surface area contributed by atoms with Gasteiger partial charge in [0.25, 0.3) is 0 Å². The Morgan fingerprint density at radius 1 is 0.811 bits per heavy atom. The first-order valence-electron chi connectivity index (χ1n) is 12.2. The fourth-order valence-corrected chi connectivity index (χ4v) is 5.28. The number of anilines is 1. The molecule has 2 atom stereocenters. The third-order valence-electron chi connectivity index (χ3n) is 7.03. The van der Waals surface area contributed by atoms with E-state index in [1.807, 2.05) is 104 Å². The number of rotatable bonds is 8. The molecule has 0 bridgehead atoms. The normalized spacial score (nSPS) is 13.5. The molecule has 1 heterocycles. The maximum absolute atomic E-state index is 14.3. The molecule has 5 nitrogen and oxygen atoms in total. The van der Waals surface area contributed by atoms with Gasteiger partial charge in [-0.05, 0) is 41.5 Å². The predicted octanol–water partition coefficient (Wildman–Crippen LogP) is 6.50. The molecule has 0 saturated heterocycles. The van der Waals surface area contributed by atoms with E-state index < -0.39 is 11.5 Å². The van der Waals surface area contributed by atoms with Crippen LogP contribution >= 0.6 is 0 Å². The number of hydrogen-bond acceptors (Lipinski definition) is 4. The second-order valence-electron chi connectivity index (χ2n) is 9.05. The monoisotopic (exact) mass is 490 g/mol. The maximum atomic E-state index is 14.3. The Hall–Kier alpha value is -4.51. The molecule has 1 aromatic heterocycles. The molecule has 0 aliphatic carbocycles. The first kappa shape index (κ1) is 24.2. The van der Waals surface area contributed by atoms with Gasteiger partial charge in [-0.3, -0.25) is 4.79 Å². The van der Waals surface area contributed by atoms with Crippen molar-refractivity contribution in [2.24, 2.45) is 7.05 Å². The first-order valence-corrected chi connectivity index (χ1v) is 12.2. The average Bonchev–Trinajstić information content (AvgIpc) is 3.30. The largest absolute Gasteiger partial charge is 0.497 e. The van der Waals surface area contributed by atoms with E-state index in [1.54, 1.807) is 7.11 Å². The number of carbonyl (C=O) groups excluding carboxylic acids is 1. The van der Waals surface area contributed by atoms with Crippen LogP contribution in [0.3, 0.4) is 0 Å². The van der Waals surface area contributed by atoms with E-state index in [4.69, 9.17) is 9.47 Å². The zero-order valence-electron chi connectivity index (χ0n) is 21.2. The van der Waals surface area contributed by atoms with Gasteiger partial charge in [0.15, 0.2) is 0 Å². The van der Waals surface area contributed by atoms with Crippen LogP contribution in [0.15, 0.2) is 115 Å². The Labute approximate surface area is 217 Å². The zero-order valence-corrected chi connectivity index (χ0v) is 21.2. The fourth-order valence-electron chi connectivity index (χ4n) is 5.28. The number of ether oxygens (including phenoxy) is 2. The van der Waals surface area contributed by atoms with Gasteiger partial charge in [-0.1, -0.05) is 78.9 Å². The first-order chi connectivity index (χ1) is 18.1. The number of benzene rings is 4. The van der Waals surface area contributed by atoms with Crippen molar-refractivity contribution in [3.63, 3.8) is 0 Å². The van der Waals surface area contributed by atoms with Crippen LogP contribution < -0.4 is 10.1 Å². The molecule has 0 aliphatic rings. The molecule has 1 N–H and O–H groups in total. The van der Waals surface area contributed by atoms with Crippen molar-refractivity contribution in [1.29, 1.82) is 0 Å². The Kier molecular flexibility index (Phi) is 6.69. The summed E-state index contributed by atoms with van der Waals surface area (Å²) in [5.41, 5.74) is 3.36. The van der Waals surface area contributed by atoms with Crippen molar-refractivity contribution < 1.29 is 14.3 Å². The number of aromatic nitrogens is 1. The van der Waals surface area contributed by atoms with Crippen LogP contribution in [0, 0.1) is 0 Å². The minimum atomic E-state index is -1.21. The number of para-hydroxylation sites is 1. The summed E-state index contributed by atoms with van der Waals surface area (Å²) in [6.45, 7) is 0. The van der Waals surface area contributed by atoms with Crippen LogP contribution in [-0.4, -0.2) is 24.8 Å². The Balaban J connectivity index is 1.86. The van der Waals surface area contributed by atoms with Crippen molar-refractivity contribution in [1.82, 2.24) is 4.57 Å². The summed E-state index contributed by atoms with van der Waals surface area (Å²) < 4.78 is 13.1. The van der Waals surface area contributed by atoms with Crippen molar-refractivity contribution in [2.45, 2.75) is 11.5 Å². The van der Waals surface area contributed by atoms with Gasteiger partial charge in [0.1, 0.15) is 11.2 Å². The van der Waals surface area contributed by atoms with E-state index in [2.05, 4.69) is 28.2 Å². The number of aryl methyl sites for hydroxylation is 1. The molecule has 0 radical (unpaired) electrons. The van der Waals surface area contributed by atoms with Crippen LogP contribution in [0.25, 0.3) is 10.9 Å². The molecule has 0 saturated carbocycles. The number of nitrogens with one attached hydrogen (secondary N) is 1. The zero-order chi connectivity index (χ0) is 25.8. The summed E-state index contributed by atoms with van der Waals surface area (Å²) in [5.74, 6) is 0.420. The van der Waals surface area contributed by atoms with Crippen molar-refractivity contribution in [3.8, 4) is 5.75 Å². The molecule has 0 spiro atoms. The highest BCUT2D eigenvalue weighted by atomic mass is 16.5. The van der Waals surface area contributed by atoms with Crippen LogP contribution in [0.4, 0.5) is 5.69 Å². The van der Waals surface area contributed by atoms with Crippen LogP contribution in [-0.2, 0) is 22.0 Å². The van der Waals surface area contributed by atoms with Gasteiger partial charge in [-0.15, -0.1) is 0 Å². The highest BCUT2D eigenvalue weighted by Gasteiger charge is 2.52. The van der Waals surface area contributed by atoms with E-state index in [0.717, 1.165) is 39.0 Å². The second kappa shape index (κ2) is 10.2. The number of carbonyl (C=O) groups is 1. The number of methoxy groups -OCH3 is 2. The Morgan fingerprint density at radius 2 is 1.43 bits per heavy atom. The van der Waals surface area contributed by atoms with E-state index in [9.17, 15) is 4.79 Å². The fraction of sp³-hybridized carbons (Fsp3) is 0.156. The summed E-state index contributed by atoms with van der Waals surface area (Å²) >= 11 is 0. The van der Waals surface area contributed by atoms with Crippen molar-refractivity contribution in [3.05, 3.63) is 132 Å². The molecule has 37 heavy (non-hydrogen) atoms. The molecule has 0 amide bonds. The predicted molar refractivity (Wildman–Crippen MR) is 148 cm³/mol. The van der Waals surface area contributed by atoms with Gasteiger partial charge < -0.3 is 19.4 Å². The van der Waals surface area contributed by atoms with Crippen molar-refractivity contribution >= 4 is 22.6 Å². The highest BCUT2D eigenvalue weighted by Crippen LogP contribution is 2.48. The van der Waals surface area contributed by atoms with Gasteiger partial charge in [0, 0.05) is 35.4 Å². The van der Waals surface area contributed by atoms with E-state index in [0.29, 0.717) is 0 Å². The minimum absolute atomic E-state index is 0.343. The van der Waals surface area contributed by atoms with E-state index in [1.165, 1.54) is 7.11 Å². The Morgan fingerprint density at radius 3 is 2.08 bits per heavy atom. The third kappa shape index (κ3) is 4.23. The molecule has 0 fully saturated rings. The summed E-state index contributed by atoms with van der Waals surface area (Å²) in [4.78, 5) is 14.3. The van der Waals surface area contributed by atoms with Crippen LogP contribution in [0.2, 0.25) is 0 Å². The average molecular weight is 491 g/mol. The van der Waals surface area contributed by atoms with Gasteiger partial charge >= 0.3 is 5.97 Å². The smallest absolute Gasteiger partial charge is 0.323 e. The molecule has 5 rings (SSSR count). The summed E-state index contributed by atoms with van der Waals surface area (Å²) in [6.07, 6.45) is 2.06. The molecule has 5 aromatic rings. The number of fused-ring (bicyclic) bond motifs is 1. The molecule has 2 unspecified atom stereocenters. The topological polar surface area (TPSA) is 52.5 Å². The van der Waals surface area contributed by atoms with E-state index in [-0.39, 0.29) is 5.97 Å². The molecule has 4 aromatic carbocycles. The van der Waals surface area contributed by atoms with Crippen LogP contribution in [0.5, 0.6) is 5.75 Å². The molecular formula is C32H30N2O3. The van der Waals surface area contributed by atoms with Gasteiger partial charge in [0.2, 0.25) is 0 Å². The molecule has 5 heteroatoms. The summed E-state index contributed by atoms with van der Waals surface area (Å²) in [7, 11) is 5.11. The van der Waals surface area contributed by atoms with Gasteiger partial charge in [-0.25, -0.2) is 0 Å². The number of hydrogen-bond donors (Lipinski definition) is 1. The lowest BCUT2D eigenvalue weighted by Gasteiger charge is -2.40. The van der Waals surface area contributed by atoms with E-state index >= 15 is 0 Å². The van der Waals surface area contributed by atoms with Gasteiger partial charge in [-0.2, -0.15) is 0 Å². The molecule has 0 aliphatic heterocycles. The SMILES string of the molecule is COC(=O)C(c1ccccc1)(c1cn(C)c2ccccc12)C(Nc1ccc(OC)cc1)c1ccccc1. The number of esters is 1. The number of nitrogens with zero attached hydrogens (tertiary/aromatic N) is 1. The van der Waals surface area contributed by atoms with Crippen LogP contribution in [0.1, 0.15) is 22.7 Å². The minimum Gasteiger partial charge on any atom is -0.497 e. The lowest BCUT2D eigenvalue weighted by atomic mass is 9.66. The highest BCUT2D eigenvalue weighted by molar-refractivity contribution is 5.97.